The van der Waals surface area contributed by atoms with Gasteiger partial charge < -0.3 is 0 Å². The second-order valence-corrected chi connectivity index (χ2v) is 42.4. The number of hydroxylamine groups is 4. The van der Waals surface area contributed by atoms with E-state index < -0.39 is 45.2 Å². The molecule has 0 amide bonds. The van der Waals surface area contributed by atoms with Crippen molar-refractivity contribution in [3.05, 3.63) is 121 Å². The van der Waals surface area contributed by atoms with Crippen molar-refractivity contribution < 1.29 is 7.73 Å². The van der Waals surface area contributed by atoms with Gasteiger partial charge in [-0.05, 0) is 0 Å². The van der Waals surface area contributed by atoms with Crippen molar-refractivity contribution >= 4 is 70.2 Å². The zero-order chi connectivity index (χ0) is 43.8. The topological polar surface area (TPSA) is 49.7 Å². The third-order valence-corrected chi connectivity index (χ3v) is 34.5. The zero-order valence-electron chi connectivity index (χ0n) is 39.3. The van der Waals surface area contributed by atoms with Crippen LogP contribution in [0.3, 0.4) is 0 Å². The van der Waals surface area contributed by atoms with Gasteiger partial charge in [-0.3, -0.25) is 0 Å². The Bertz CT molecular complexity index is 1960. The van der Waals surface area contributed by atoms with Gasteiger partial charge in [0.2, 0.25) is 0 Å². The molecule has 4 aromatic carbocycles. The van der Waals surface area contributed by atoms with E-state index in [4.69, 9.17) is 16.5 Å². The monoisotopic (exact) mass is 942 g/mol. The van der Waals surface area contributed by atoms with E-state index in [9.17, 15) is 0 Å². The molecule has 0 aromatic heterocycles. The van der Waals surface area contributed by atoms with Crippen LogP contribution in [0.2, 0.25) is 39.3 Å². The van der Waals surface area contributed by atoms with Crippen molar-refractivity contribution in [1.29, 1.82) is 0 Å². The van der Waals surface area contributed by atoms with Crippen molar-refractivity contribution in [2.24, 2.45) is 8.82 Å². The van der Waals surface area contributed by atoms with E-state index in [0.29, 0.717) is 0 Å². The van der Waals surface area contributed by atoms with Crippen LogP contribution in [0.15, 0.2) is 130 Å². The SMILES string of the molecule is CC1(C)CCCC(C)(C)N1[O][Ge]([O]N1C(C)(C)CCCC1(C)C)=[C](P(=N[Si](C)(C)C)(c1ccccc1)c1ccccc1)P(=N[Si](C)(C)C)(c1ccccc1)c1ccccc1. The molecule has 6 nitrogen and oxygen atoms in total. The van der Waals surface area contributed by atoms with E-state index in [1.165, 1.54) is 25.1 Å². The number of hydrogen-bond donors (Lipinski definition) is 0. The van der Waals surface area contributed by atoms with Crippen molar-refractivity contribution in [3.63, 3.8) is 0 Å². The van der Waals surface area contributed by atoms with E-state index >= 15 is 0 Å². The van der Waals surface area contributed by atoms with Gasteiger partial charge in [-0.15, -0.1) is 0 Å². The first-order valence-corrected chi connectivity index (χ1v) is 35.3. The molecule has 0 N–H and O–H groups in total. The molecule has 4 aromatic rings. The van der Waals surface area contributed by atoms with E-state index in [1.807, 2.05) is 0 Å². The van der Waals surface area contributed by atoms with Crippen molar-refractivity contribution in [2.75, 3.05) is 0 Å². The van der Waals surface area contributed by atoms with Crippen LogP contribution in [0.25, 0.3) is 0 Å². The molecule has 11 heteroatoms. The molecule has 0 bridgehead atoms. The molecule has 60 heavy (non-hydrogen) atoms. The number of rotatable bonds is 12. The molecule has 6 rings (SSSR count). The minimum absolute atomic E-state index is 0.228. The van der Waals surface area contributed by atoms with Gasteiger partial charge >= 0.3 is 374 Å². The number of piperidine rings is 2. The molecule has 2 saturated heterocycles. The van der Waals surface area contributed by atoms with Crippen LogP contribution < -0.4 is 21.2 Å². The van der Waals surface area contributed by atoms with Crippen molar-refractivity contribution in [2.45, 2.75) is 155 Å². The Kier molecular flexibility index (Phi) is 13.9. The molecule has 0 radical (unpaired) electrons. The van der Waals surface area contributed by atoms with Crippen LogP contribution in [-0.4, -0.2) is 67.2 Å². The van der Waals surface area contributed by atoms with Gasteiger partial charge in [0.1, 0.15) is 0 Å². The summed E-state index contributed by atoms with van der Waals surface area (Å²) in [5.41, 5.74) is -0.911. The molecular formula is C49H74GeN4O2P2Si2. The summed E-state index contributed by atoms with van der Waals surface area (Å²) in [6.45, 7) is 33.5. The van der Waals surface area contributed by atoms with Crippen LogP contribution in [0.4, 0.5) is 0 Å². The Morgan fingerprint density at radius 3 is 0.900 bits per heavy atom. The number of nitrogens with zero attached hydrogens (tertiary/aromatic N) is 4. The molecule has 2 fully saturated rings. The second-order valence-electron chi connectivity index (χ2n) is 21.5. The van der Waals surface area contributed by atoms with Crippen LogP contribution in [0, 0.1) is 0 Å². The Balaban J connectivity index is 2.03. The minimum atomic E-state index is -3.68. The van der Waals surface area contributed by atoms with Crippen LogP contribution in [-0.2, 0) is 7.73 Å². The van der Waals surface area contributed by atoms with Crippen molar-refractivity contribution in [1.82, 2.24) is 10.1 Å². The fraction of sp³-hybridized carbons (Fsp3) is 0.490. The molecule has 0 unspecified atom stereocenters. The van der Waals surface area contributed by atoms with Gasteiger partial charge in [-0.2, -0.15) is 0 Å². The fourth-order valence-corrected chi connectivity index (χ4v) is 40.5. The third-order valence-electron chi connectivity index (χ3n) is 11.9. The summed E-state index contributed by atoms with van der Waals surface area (Å²) in [6.07, 6.45) is 6.51. The summed E-state index contributed by atoms with van der Waals surface area (Å²) in [5, 5.41) is 9.84. The molecule has 0 spiro atoms. The zero-order valence-corrected chi connectivity index (χ0v) is 45.2. The summed E-state index contributed by atoms with van der Waals surface area (Å²) in [4.78, 5) is 0. The quantitative estimate of drug-likeness (QED) is 0.105. The van der Waals surface area contributed by atoms with E-state index in [2.05, 4.69) is 226 Å². The molecule has 2 aliphatic rings. The first-order valence-electron chi connectivity index (χ1n) is 22.2. The first kappa shape index (κ1) is 47.2. The van der Waals surface area contributed by atoms with E-state index in [-0.39, 0.29) is 22.2 Å². The predicted octanol–water partition coefficient (Wildman–Crippen LogP) is 12.5. The summed E-state index contributed by atoms with van der Waals surface area (Å²) in [7, 11) is -10.5. The van der Waals surface area contributed by atoms with Gasteiger partial charge in [-0.1, -0.05) is 0 Å². The Labute approximate surface area is 371 Å². The maximum atomic E-state index is 8.27. The van der Waals surface area contributed by atoms with Gasteiger partial charge in [0.15, 0.2) is 0 Å². The molecular weight excluding hydrogens is 867 g/mol. The molecule has 2 heterocycles. The van der Waals surface area contributed by atoms with Gasteiger partial charge in [0, 0.05) is 0 Å². The first-order chi connectivity index (χ1) is 27.9. The fourth-order valence-electron chi connectivity index (χ4n) is 9.77. The number of hydrogen-bond acceptors (Lipinski definition) is 6. The predicted molar refractivity (Wildman–Crippen MR) is 270 cm³/mol. The maximum absolute atomic E-state index is 8.27. The van der Waals surface area contributed by atoms with Crippen LogP contribution >= 0.6 is 14.1 Å². The summed E-state index contributed by atoms with van der Waals surface area (Å²) < 4.78 is 30.9. The van der Waals surface area contributed by atoms with Gasteiger partial charge in [0.25, 0.3) is 0 Å². The van der Waals surface area contributed by atoms with E-state index in [1.54, 1.807) is 0 Å². The van der Waals surface area contributed by atoms with Gasteiger partial charge in [0.05, 0.1) is 0 Å². The second kappa shape index (κ2) is 17.7. The number of benzene rings is 4. The Hall–Kier alpha value is -2.29. The Morgan fingerprint density at radius 1 is 0.450 bits per heavy atom. The third kappa shape index (κ3) is 9.91. The standard InChI is InChI=1S/C49H74GeN4O2P2Si2/c1-46(2)37-27-38-47(3,4)53(46)55-50(56-54-48(5,6)39-28-40-49(54,7)8)45(57(51-59(9,10)11,41-29-19-15-20-30-41)42-31-21-16-22-32-42)58(52-60(12,13)14,43-33-23-17-24-34-43)44-35-25-18-26-36-44/h15-26,29-36H,27-28,37-40H2,1-14H3. The molecule has 0 atom stereocenters. The molecule has 0 saturated carbocycles. The van der Waals surface area contributed by atoms with Crippen LogP contribution in [0.1, 0.15) is 93.9 Å². The normalized spacial score (nSPS) is 19.5. The van der Waals surface area contributed by atoms with Crippen molar-refractivity contribution in [3.8, 4) is 0 Å². The summed E-state index contributed by atoms with van der Waals surface area (Å²) in [5.74, 6) is 0. The average molecular weight is 942 g/mol. The molecule has 324 valence electrons. The molecule has 2 aliphatic heterocycles. The molecule has 0 aliphatic carbocycles. The van der Waals surface area contributed by atoms with Gasteiger partial charge in [-0.25, -0.2) is 0 Å². The average Bonchev–Trinajstić information content (AvgIpc) is 3.16. The summed E-state index contributed by atoms with van der Waals surface area (Å²) >= 11 is -3.68. The van der Waals surface area contributed by atoms with Crippen LogP contribution in [0.5, 0.6) is 0 Å². The summed E-state index contributed by atoms with van der Waals surface area (Å²) in [6, 6.07) is 45.3. The van der Waals surface area contributed by atoms with E-state index in [0.717, 1.165) is 38.5 Å². The Morgan fingerprint density at radius 2 is 0.683 bits per heavy atom.